The fourth-order valence-corrected chi connectivity index (χ4v) is 1.68. The molecule has 0 radical (unpaired) electrons. The first-order valence-corrected chi connectivity index (χ1v) is 6.61. The van der Waals surface area contributed by atoms with Gasteiger partial charge >= 0.3 is 0 Å². The van der Waals surface area contributed by atoms with Crippen molar-refractivity contribution in [3.8, 4) is 0 Å². The zero-order valence-corrected chi connectivity index (χ0v) is 12.4. The van der Waals surface area contributed by atoms with Crippen LogP contribution in [0, 0.1) is 5.41 Å². The summed E-state index contributed by atoms with van der Waals surface area (Å²) in [6.07, 6.45) is 1.58. The van der Waals surface area contributed by atoms with Gasteiger partial charge in [0.1, 0.15) is 5.69 Å². The first-order chi connectivity index (χ1) is 9.40. The lowest BCUT2D eigenvalue weighted by Gasteiger charge is -2.22. The minimum atomic E-state index is -0.663. The lowest BCUT2D eigenvalue weighted by atomic mass is 9.92. The first kappa shape index (κ1) is 15.9. The molecule has 0 saturated carbocycles. The summed E-state index contributed by atoms with van der Waals surface area (Å²) >= 11 is 0. The molecule has 110 valence electrons. The molecule has 0 aromatic carbocycles. The van der Waals surface area contributed by atoms with Gasteiger partial charge < -0.3 is 16.0 Å². The van der Waals surface area contributed by atoms with Gasteiger partial charge in [-0.2, -0.15) is 0 Å². The summed E-state index contributed by atoms with van der Waals surface area (Å²) in [5, 5.41) is 8.43. The van der Waals surface area contributed by atoms with Crippen LogP contribution < -0.4 is 16.0 Å². The fraction of sp³-hybridized carbons (Fsp3) is 0.500. The molecule has 0 bridgehead atoms. The molecule has 6 heteroatoms. The summed E-state index contributed by atoms with van der Waals surface area (Å²) in [6, 6.07) is 3.49. The average Bonchev–Trinajstić information content (AvgIpc) is 2.44. The van der Waals surface area contributed by atoms with Crippen LogP contribution in [0.3, 0.4) is 0 Å². The van der Waals surface area contributed by atoms with Crippen LogP contribution in [0.15, 0.2) is 18.3 Å². The molecule has 0 spiro atoms. The van der Waals surface area contributed by atoms with Gasteiger partial charge in [0, 0.05) is 32.0 Å². The second-order valence-corrected chi connectivity index (χ2v) is 5.11. The molecule has 0 aliphatic carbocycles. The zero-order chi connectivity index (χ0) is 15.2. The van der Waals surface area contributed by atoms with E-state index in [1.807, 2.05) is 6.92 Å². The van der Waals surface area contributed by atoms with Gasteiger partial charge in [-0.15, -0.1) is 0 Å². The predicted octanol–water partition coefficient (Wildman–Crippen LogP) is 1.02. The van der Waals surface area contributed by atoms with E-state index < -0.39 is 5.41 Å². The number of carbonyl (C=O) groups is 2. The number of aromatic nitrogens is 1. The number of nitrogens with one attached hydrogen (secondary N) is 3. The molecule has 0 aliphatic heterocycles. The Hall–Kier alpha value is -2.11. The Bertz CT molecular complexity index is 486. The second kappa shape index (κ2) is 6.88. The van der Waals surface area contributed by atoms with Crippen LogP contribution in [-0.2, 0) is 4.79 Å². The smallest absolute Gasteiger partial charge is 0.269 e. The number of hydrogen-bond acceptors (Lipinski definition) is 4. The first-order valence-electron chi connectivity index (χ1n) is 6.61. The number of amides is 2. The van der Waals surface area contributed by atoms with Crippen molar-refractivity contribution in [3.63, 3.8) is 0 Å². The lowest BCUT2D eigenvalue weighted by Crippen LogP contribution is -2.43. The summed E-state index contributed by atoms with van der Waals surface area (Å²) < 4.78 is 0. The van der Waals surface area contributed by atoms with Gasteiger partial charge in [0.15, 0.2) is 0 Å². The minimum Gasteiger partial charge on any atom is -0.385 e. The van der Waals surface area contributed by atoms with E-state index >= 15 is 0 Å². The Kier molecular flexibility index (Phi) is 5.49. The highest BCUT2D eigenvalue weighted by molar-refractivity contribution is 5.93. The van der Waals surface area contributed by atoms with Crippen molar-refractivity contribution >= 4 is 17.5 Å². The van der Waals surface area contributed by atoms with Gasteiger partial charge in [-0.25, -0.2) is 0 Å². The van der Waals surface area contributed by atoms with Crippen LogP contribution in [0.1, 0.15) is 31.3 Å². The van der Waals surface area contributed by atoms with Crippen molar-refractivity contribution in [3.05, 3.63) is 24.0 Å². The molecule has 0 saturated heterocycles. The Labute approximate surface area is 119 Å². The van der Waals surface area contributed by atoms with E-state index in [1.165, 1.54) is 0 Å². The van der Waals surface area contributed by atoms with Gasteiger partial charge in [0.05, 0.1) is 5.41 Å². The largest absolute Gasteiger partial charge is 0.385 e. The van der Waals surface area contributed by atoms with Crippen molar-refractivity contribution in [1.29, 1.82) is 0 Å². The molecule has 0 atom stereocenters. The number of anilines is 1. The Morgan fingerprint density at radius 2 is 2.05 bits per heavy atom. The fourth-order valence-electron chi connectivity index (χ4n) is 1.68. The van der Waals surface area contributed by atoms with Crippen molar-refractivity contribution in [2.45, 2.75) is 20.8 Å². The topological polar surface area (TPSA) is 83.1 Å². The number of rotatable bonds is 6. The minimum absolute atomic E-state index is 0.118. The molecule has 0 unspecified atom stereocenters. The second-order valence-electron chi connectivity index (χ2n) is 5.11. The quantitative estimate of drug-likeness (QED) is 0.725. The number of nitrogens with zero attached hydrogens (tertiary/aromatic N) is 1. The maximum absolute atomic E-state index is 12.0. The van der Waals surface area contributed by atoms with E-state index in [0.717, 1.165) is 12.2 Å². The van der Waals surface area contributed by atoms with Crippen molar-refractivity contribution in [2.75, 3.05) is 25.5 Å². The average molecular weight is 278 g/mol. The third-order valence-electron chi connectivity index (χ3n) is 2.91. The summed E-state index contributed by atoms with van der Waals surface area (Å²) in [7, 11) is 1.58. The lowest BCUT2D eigenvalue weighted by molar-refractivity contribution is -0.128. The summed E-state index contributed by atoms with van der Waals surface area (Å²) in [6.45, 7) is 6.54. The molecule has 1 heterocycles. The van der Waals surface area contributed by atoms with Gasteiger partial charge in [0.2, 0.25) is 5.91 Å². The highest BCUT2D eigenvalue weighted by atomic mass is 16.2. The molecular formula is C14H22N4O2. The Morgan fingerprint density at radius 1 is 1.35 bits per heavy atom. The van der Waals surface area contributed by atoms with Gasteiger partial charge in [0.25, 0.3) is 5.91 Å². The van der Waals surface area contributed by atoms with Crippen LogP contribution in [0.2, 0.25) is 0 Å². The maximum Gasteiger partial charge on any atom is 0.269 e. The molecule has 6 nitrogen and oxygen atoms in total. The Morgan fingerprint density at radius 3 is 2.65 bits per heavy atom. The van der Waals surface area contributed by atoms with E-state index in [0.29, 0.717) is 5.69 Å². The van der Waals surface area contributed by atoms with Crippen LogP contribution in [0.25, 0.3) is 0 Å². The van der Waals surface area contributed by atoms with E-state index in [2.05, 4.69) is 20.9 Å². The molecule has 0 aliphatic rings. The number of pyridine rings is 1. The standard InChI is InChI=1S/C14H22N4O2/c1-5-16-10-6-7-17-11(8-10)12(19)18-9-14(2,3)13(20)15-4/h6-8H,5,9H2,1-4H3,(H,15,20)(H,16,17)(H,18,19). The van der Waals surface area contributed by atoms with Gasteiger partial charge in [-0.3, -0.25) is 14.6 Å². The third kappa shape index (κ3) is 4.22. The monoisotopic (exact) mass is 278 g/mol. The maximum atomic E-state index is 12.0. The van der Waals surface area contributed by atoms with E-state index in [4.69, 9.17) is 0 Å². The molecule has 3 N–H and O–H groups in total. The van der Waals surface area contributed by atoms with Crippen molar-refractivity contribution in [2.24, 2.45) is 5.41 Å². The zero-order valence-electron chi connectivity index (χ0n) is 12.4. The molecule has 1 aromatic heterocycles. The molecule has 1 rings (SSSR count). The van der Waals surface area contributed by atoms with Crippen LogP contribution in [-0.4, -0.2) is 36.9 Å². The Balaban J connectivity index is 2.67. The van der Waals surface area contributed by atoms with Gasteiger partial charge in [-0.1, -0.05) is 0 Å². The number of carbonyl (C=O) groups excluding carboxylic acids is 2. The van der Waals surface area contributed by atoms with Gasteiger partial charge in [-0.05, 0) is 32.9 Å². The summed E-state index contributed by atoms with van der Waals surface area (Å²) in [5.74, 6) is -0.408. The van der Waals surface area contributed by atoms with E-state index in [-0.39, 0.29) is 18.4 Å². The van der Waals surface area contributed by atoms with Crippen molar-refractivity contribution in [1.82, 2.24) is 15.6 Å². The number of hydrogen-bond donors (Lipinski definition) is 3. The highest BCUT2D eigenvalue weighted by Gasteiger charge is 2.27. The summed E-state index contributed by atoms with van der Waals surface area (Å²) in [4.78, 5) is 27.7. The summed E-state index contributed by atoms with van der Waals surface area (Å²) in [5.41, 5.74) is 0.512. The van der Waals surface area contributed by atoms with E-state index in [1.54, 1.807) is 39.2 Å². The third-order valence-corrected chi connectivity index (χ3v) is 2.91. The van der Waals surface area contributed by atoms with E-state index in [9.17, 15) is 9.59 Å². The SMILES string of the molecule is CCNc1ccnc(C(=O)NCC(C)(C)C(=O)NC)c1. The van der Waals surface area contributed by atoms with Crippen LogP contribution in [0.4, 0.5) is 5.69 Å². The normalized spacial score (nSPS) is 10.8. The van der Waals surface area contributed by atoms with Crippen LogP contribution in [0.5, 0.6) is 0 Å². The molecule has 1 aromatic rings. The molecular weight excluding hydrogens is 256 g/mol. The molecule has 2 amide bonds. The molecule has 20 heavy (non-hydrogen) atoms. The van der Waals surface area contributed by atoms with Crippen LogP contribution >= 0.6 is 0 Å². The predicted molar refractivity (Wildman–Crippen MR) is 78.6 cm³/mol. The highest BCUT2D eigenvalue weighted by Crippen LogP contribution is 2.14. The molecule has 0 fully saturated rings. The van der Waals surface area contributed by atoms with Crippen molar-refractivity contribution < 1.29 is 9.59 Å².